The molecule has 1 saturated carbocycles. The molecular formula is C21H29N3O2S2. The highest BCUT2D eigenvalue weighted by atomic mass is 32.2. The van der Waals surface area contributed by atoms with Crippen molar-refractivity contribution in [2.45, 2.75) is 94.6 Å². The van der Waals surface area contributed by atoms with E-state index in [-0.39, 0.29) is 16.7 Å². The second-order valence-electron chi connectivity index (χ2n) is 7.99. The summed E-state index contributed by atoms with van der Waals surface area (Å²) in [5, 5.41) is 4.35. The van der Waals surface area contributed by atoms with Crippen LogP contribution < -0.4 is 10.9 Å². The number of fused-ring (bicyclic) bond motifs is 3. The van der Waals surface area contributed by atoms with Crippen LogP contribution in [0.4, 0.5) is 0 Å². The minimum atomic E-state index is -0.251. The number of hydrogen-bond donors (Lipinski definition) is 1. The summed E-state index contributed by atoms with van der Waals surface area (Å²) >= 11 is 3.10. The monoisotopic (exact) mass is 419 g/mol. The molecule has 0 spiro atoms. The molecule has 0 unspecified atom stereocenters. The highest BCUT2D eigenvalue weighted by molar-refractivity contribution is 8.00. The van der Waals surface area contributed by atoms with E-state index < -0.39 is 0 Å². The first-order valence-corrected chi connectivity index (χ1v) is 12.3. The largest absolute Gasteiger partial charge is 0.352 e. The van der Waals surface area contributed by atoms with Crippen LogP contribution in [0.2, 0.25) is 0 Å². The van der Waals surface area contributed by atoms with Crippen LogP contribution in [0.25, 0.3) is 10.2 Å². The second-order valence-corrected chi connectivity index (χ2v) is 10.4. The fourth-order valence-corrected chi connectivity index (χ4v) is 6.05. The molecule has 0 aliphatic heterocycles. The first-order chi connectivity index (χ1) is 13.6. The molecule has 7 heteroatoms. The Morgan fingerprint density at radius 1 is 1.32 bits per heavy atom. The molecule has 0 radical (unpaired) electrons. The molecular weight excluding hydrogens is 390 g/mol. The van der Waals surface area contributed by atoms with Gasteiger partial charge in [0, 0.05) is 17.5 Å². The van der Waals surface area contributed by atoms with Gasteiger partial charge in [-0.15, -0.1) is 11.3 Å². The Labute approximate surface area is 174 Å². The minimum Gasteiger partial charge on any atom is -0.352 e. The first-order valence-electron chi connectivity index (χ1n) is 10.6. The average Bonchev–Trinajstić information content (AvgIpc) is 3.24. The maximum atomic E-state index is 13.4. The summed E-state index contributed by atoms with van der Waals surface area (Å²) in [5.74, 6) is 0.0491. The van der Waals surface area contributed by atoms with Gasteiger partial charge in [-0.25, -0.2) is 4.98 Å². The molecule has 2 aliphatic rings. The number of carbonyl (C=O) groups excluding carboxylic acids is 1. The van der Waals surface area contributed by atoms with Crippen molar-refractivity contribution >= 4 is 39.2 Å². The van der Waals surface area contributed by atoms with Crippen LogP contribution in [0.15, 0.2) is 9.95 Å². The van der Waals surface area contributed by atoms with Crippen molar-refractivity contribution in [2.75, 3.05) is 0 Å². The molecule has 2 heterocycles. The summed E-state index contributed by atoms with van der Waals surface area (Å²) in [5.41, 5.74) is 1.33. The van der Waals surface area contributed by atoms with Crippen LogP contribution in [-0.2, 0) is 24.2 Å². The van der Waals surface area contributed by atoms with Crippen molar-refractivity contribution in [1.82, 2.24) is 14.9 Å². The fraction of sp³-hybridized carbons (Fsp3) is 0.667. The van der Waals surface area contributed by atoms with Crippen molar-refractivity contribution in [3.8, 4) is 0 Å². The van der Waals surface area contributed by atoms with E-state index in [0.717, 1.165) is 55.2 Å². The van der Waals surface area contributed by atoms with Gasteiger partial charge in [0.25, 0.3) is 5.56 Å². The van der Waals surface area contributed by atoms with Crippen LogP contribution in [0.5, 0.6) is 0 Å². The molecule has 4 rings (SSSR count). The van der Waals surface area contributed by atoms with E-state index >= 15 is 0 Å². The van der Waals surface area contributed by atoms with Gasteiger partial charge < -0.3 is 5.32 Å². The Morgan fingerprint density at radius 2 is 2.14 bits per heavy atom. The van der Waals surface area contributed by atoms with Crippen LogP contribution in [0.3, 0.4) is 0 Å². The van der Waals surface area contributed by atoms with E-state index in [1.165, 1.54) is 35.0 Å². The lowest BCUT2D eigenvalue weighted by molar-refractivity contribution is -0.120. The normalized spacial score (nSPS) is 17.1. The molecule has 0 bridgehead atoms. The van der Waals surface area contributed by atoms with Crippen molar-refractivity contribution in [2.24, 2.45) is 0 Å². The Morgan fingerprint density at radius 3 is 2.89 bits per heavy atom. The number of hydrogen-bond acceptors (Lipinski definition) is 5. The van der Waals surface area contributed by atoms with E-state index in [9.17, 15) is 9.59 Å². The van der Waals surface area contributed by atoms with Crippen molar-refractivity contribution < 1.29 is 4.79 Å². The summed E-state index contributed by atoms with van der Waals surface area (Å²) in [6.07, 6.45) is 9.80. The lowest BCUT2D eigenvalue weighted by atomic mass is 10.2. The number of thiophene rings is 1. The molecule has 2 aromatic heterocycles. The van der Waals surface area contributed by atoms with E-state index in [1.54, 1.807) is 11.3 Å². The Balaban J connectivity index is 1.64. The summed E-state index contributed by atoms with van der Waals surface area (Å²) in [7, 11) is 0. The number of thioether (sulfide) groups is 1. The van der Waals surface area contributed by atoms with E-state index in [0.29, 0.717) is 17.7 Å². The Bertz CT molecular complexity index is 930. The van der Waals surface area contributed by atoms with Gasteiger partial charge in [0.05, 0.1) is 10.6 Å². The van der Waals surface area contributed by atoms with Gasteiger partial charge >= 0.3 is 0 Å². The summed E-state index contributed by atoms with van der Waals surface area (Å²) in [6.45, 7) is 4.79. The zero-order valence-corrected chi connectivity index (χ0v) is 18.4. The smallest absolute Gasteiger partial charge is 0.263 e. The SMILES string of the molecule is CCCCCCn1c(S[C@H](C)C(=O)NC2CC2)nc2sc3c(c2c1=O)CCC3. The molecule has 0 saturated heterocycles. The average molecular weight is 420 g/mol. The summed E-state index contributed by atoms with van der Waals surface area (Å²) in [6, 6.07) is 0.350. The lowest BCUT2D eigenvalue weighted by Gasteiger charge is -2.16. The standard InChI is InChI=1S/C21H29N3O2S2/c1-3-4-5-6-12-24-20(26)17-15-8-7-9-16(15)28-19(17)23-21(24)27-13(2)18(25)22-14-10-11-14/h13-14H,3-12H2,1-2H3,(H,22,25)/t13-/m1/s1. The number of amides is 1. The molecule has 28 heavy (non-hydrogen) atoms. The van der Waals surface area contributed by atoms with Gasteiger partial charge in [0.1, 0.15) is 4.83 Å². The van der Waals surface area contributed by atoms with Gasteiger partial charge in [0.2, 0.25) is 5.91 Å². The summed E-state index contributed by atoms with van der Waals surface area (Å²) < 4.78 is 1.84. The fourth-order valence-electron chi connectivity index (χ4n) is 3.80. The van der Waals surface area contributed by atoms with Crippen molar-refractivity contribution in [3.63, 3.8) is 0 Å². The number of aryl methyl sites for hydroxylation is 2. The molecule has 1 atom stereocenters. The lowest BCUT2D eigenvalue weighted by Crippen LogP contribution is -2.33. The third-order valence-electron chi connectivity index (χ3n) is 5.60. The zero-order chi connectivity index (χ0) is 19.7. The number of aromatic nitrogens is 2. The van der Waals surface area contributed by atoms with E-state index in [4.69, 9.17) is 4.98 Å². The van der Waals surface area contributed by atoms with Crippen molar-refractivity contribution in [1.29, 1.82) is 0 Å². The predicted molar refractivity (Wildman–Crippen MR) is 117 cm³/mol. The molecule has 1 N–H and O–H groups in total. The Hall–Kier alpha value is -1.34. The van der Waals surface area contributed by atoms with Crippen molar-refractivity contribution in [3.05, 3.63) is 20.8 Å². The maximum Gasteiger partial charge on any atom is 0.263 e. The predicted octanol–water partition coefficient (Wildman–Crippen LogP) is 4.29. The van der Waals surface area contributed by atoms with Gasteiger partial charge in [0.15, 0.2) is 5.16 Å². The van der Waals surface area contributed by atoms with Gasteiger partial charge in [-0.1, -0.05) is 37.9 Å². The van der Waals surface area contributed by atoms with E-state index in [2.05, 4.69) is 12.2 Å². The number of unbranched alkanes of at least 4 members (excludes halogenated alkanes) is 3. The highest BCUT2D eigenvalue weighted by Crippen LogP contribution is 2.36. The van der Waals surface area contributed by atoms with Crippen LogP contribution in [0.1, 0.15) is 69.2 Å². The highest BCUT2D eigenvalue weighted by Gasteiger charge is 2.28. The van der Waals surface area contributed by atoms with Gasteiger partial charge in [-0.2, -0.15) is 0 Å². The molecule has 2 aromatic rings. The third-order valence-corrected chi connectivity index (χ3v) is 7.88. The maximum absolute atomic E-state index is 13.4. The van der Waals surface area contributed by atoms with Crippen LogP contribution in [0, 0.1) is 0 Å². The Kier molecular flexibility index (Phi) is 6.11. The van der Waals surface area contributed by atoms with E-state index in [1.807, 2.05) is 11.5 Å². The minimum absolute atomic E-state index is 0.0491. The molecule has 2 aliphatic carbocycles. The number of carbonyl (C=O) groups is 1. The molecule has 5 nitrogen and oxygen atoms in total. The first kappa shape index (κ1) is 20.0. The number of rotatable bonds is 9. The van der Waals surface area contributed by atoms with Crippen LogP contribution in [-0.4, -0.2) is 26.8 Å². The molecule has 1 amide bonds. The summed E-state index contributed by atoms with van der Waals surface area (Å²) in [4.78, 5) is 32.9. The topological polar surface area (TPSA) is 64.0 Å². The molecule has 1 fully saturated rings. The number of nitrogens with one attached hydrogen (secondary N) is 1. The quantitative estimate of drug-likeness (QED) is 0.374. The number of nitrogens with zero attached hydrogens (tertiary/aromatic N) is 2. The second kappa shape index (κ2) is 8.57. The van der Waals surface area contributed by atoms with Gasteiger partial charge in [-0.3, -0.25) is 14.2 Å². The molecule has 0 aromatic carbocycles. The van der Waals surface area contributed by atoms with Gasteiger partial charge in [-0.05, 0) is 51.0 Å². The molecule has 152 valence electrons. The third kappa shape index (κ3) is 4.15. The van der Waals surface area contributed by atoms with Crippen LogP contribution >= 0.6 is 23.1 Å². The zero-order valence-electron chi connectivity index (χ0n) is 16.8.